The van der Waals surface area contributed by atoms with Crippen LogP contribution < -0.4 is 10.1 Å². The van der Waals surface area contributed by atoms with Crippen molar-refractivity contribution in [2.24, 2.45) is 0 Å². The number of nitrogens with one attached hydrogen (secondary N) is 1. The number of aryl methyl sites for hydroxylation is 1. The summed E-state index contributed by atoms with van der Waals surface area (Å²) in [6.07, 6.45) is 5.13. The average Bonchev–Trinajstić information content (AvgIpc) is 3.46. The van der Waals surface area contributed by atoms with Crippen molar-refractivity contribution >= 4 is 34.4 Å². The van der Waals surface area contributed by atoms with E-state index in [1.807, 2.05) is 0 Å². The first-order chi connectivity index (χ1) is 15.1. The first-order valence-electron chi connectivity index (χ1n) is 9.30. The molecule has 0 aliphatic carbocycles. The molecule has 0 radical (unpaired) electrons. The summed E-state index contributed by atoms with van der Waals surface area (Å²) in [6.45, 7) is 1.80. The van der Waals surface area contributed by atoms with Crippen LogP contribution in [0.25, 0.3) is 16.9 Å². The van der Waals surface area contributed by atoms with Gasteiger partial charge in [-0.2, -0.15) is 13.7 Å². The molecule has 0 saturated carbocycles. The largest absolute Gasteiger partial charge is 0.439 e. The molecule has 31 heavy (non-hydrogen) atoms. The number of hydrogen-bond donors (Lipinski definition) is 1. The Labute approximate surface area is 180 Å². The van der Waals surface area contributed by atoms with Gasteiger partial charge >= 0.3 is 0 Å². The number of nitrogens with zero attached hydrogens (tertiary/aromatic N) is 6. The van der Waals surface area contributed by atoms with Gasteiger partial charge in [-0.15, -0.1) is 0 Å². The minimum Gasteiger partial charge on any atom is -0.439 e. The van der Waals surface area contributed by atoms with Crippen molar-refractivity contribution in [3.63, 3.8) is 0 Å². The predicted molar refractivity (Wildman–Crippen MR) is 116 cm³/mol. The van der Waals surface area contributed by atoms with E-state index in [1.165, 1.54) is 0 Å². The third kappa shape index (κ3) is 4.09. The summed E-state index contributed by atoms with van der Waals surface area (Å²) in [5.74, 6) is 2.02. The first-order valence-corrected chi connectivity index (χ1v) is 10.0. The highest BCUT2D eigenvalue weighted by atomic mass is 32.1. The molecule has 1 N–H and O–H groups in total. The van der Waals surface area contributed by atoms with E-state index in [4.69, 9.17) is 4.74 Å². The summed E-state index contributed by atoms with van der Waals surface area (Å²) in [7, 11) is 0. The molecule has 3 heterocycles. The zero-order valence-electron chi connectivity index (χ0n) is 16.3. The van der Waals surface area contributed by atoms with E-state index >= 15 is 0 Å². The molecule has 0 fully saturated rings. The zero-order valence-corrected chi connectivity index (χ0v) is 17.1. The van der Waals surface area contributed by atoms with Gasteiger partial charge in [0.05, 0.1) is 11.7 Å². The molecule has 5 rings (SSSR count). The lowest BCUT2D eigenvalue weighted by Crippen LogP contribution is -2.11. The van der Waals surface area contributed by atoms with Gasteiger partial charge in [0.1, 0.15) is 34.8 Å². The quantitative estimate of drug-likeness (QED) is 0.449. The molecule has 3 aromatic heterocycles. The molecule has 0 atom stereocenters. The van der Waals surface area contributed by atoms with Gasteiger partial charge in [0, 0.05) is 29.7 Å². The monoisotopic (exact) mass is 429 g/mol. The molecule has 0 aliphatic rings. The van der Waals surface area contributed by atoms with E-state index in [2.05, 4.69) is 29.0 Å². The third-order valence-electron chi connectivity index (χ3n) is 4.42. The highest BCUT2D eigenvalue weighted by Gasteiger charge is 2.10. The Morgan fingerprint density at radius 3 is 2.68 bits per heavy atom. The molecule has 9 nitrogen and oxygen atoms in total. The lowest BCUT2D eigenvalue weighted by atomic mass is 10.2. The zero-order chi connectivity index (χ0) is 21.2. The molecular weight excluding hydrogens is 414 g/mol. The van der Waals surface area contributed by atoms with Crippen molar-refractivity contribution in [1.29, 1.82) is 0 Å². The minimum atomic E-state index is -0.222. The maximum atomic E-state index is 12.5. The van der Waals surface area contributed by atoms with Gasteiger partial charge in [-0.3, -0.25) is 9.36 Å². The lowest BCUT2D eigenvalue weighted by Gasteiger charge is -2.09. The number of amides is 1. The number of ether oxygens (including phenoxy) is 1. The first kappa shape index (κ1) is 18.8. The molecule has 0 saturated heterocycles. The average molecular weight is 429 g/mol. The standard InChI is InChI=1S/C21H15N7O2S/c1-13-23-19(28-9-8-22-12-28)11-20(24-13)30-16-5-3-15(4-6-16)25-21(29)14-2-7-17-18(10-14)27-31-26-17/h2-12H,1H3,(H,25,29). The fraction of sp³-hybridized carbons (Fsp3) is 0.0476. The van der Waals surface area contributed by atoms with Crippen LogP contribution in [0, 0.1) is 6.92 Å². The Kier molecular flexibility index (Phi) is 4.81. The Morgan fingerprint density at radius 2 is 1.87 bits per heavy atom. The van der Waals surface area contributed by atoms with E-state index in [9.17, 15) is 4.79 Å². The maximum Gasteiger partial charge on any atom is 0.255 e. The number of benzene rings is 2. The highest BCUT2D eigenvalue weighted by molar-refractivity contribution is 7.00. The van der Waals surface area contributed by atoms with E-state index in [-0.39, 0.29) is 5.91 Å². The smallest absolute Gasteiger partial charge is 0.255 e. The van der Waals surface area contributed by atoms with Crippen LogP contribution in [0.15, 0.2) is 67.3 Å². The molecule has 0 aliphatic heterocycles. The van der Waals surface area contributed by atoms with Gasteiger partial charge < -0.3 is 10.1 Å². The number of anilines is 1. The van der Waals surface area contributed by atoms with Gasteiger partial charge in [-0.05, 0) is 49.4 Å². The van der Waals surface area contributed by atoms with Crippen molar-refractivity contribution < 1.29 is 9.53 Å². The summed E-state index contributed by atoms with van der Waals surface area (Å²) in [5.41, 5.74) is 2.65. The maximum absolute atomic E-state index is 12.5. The molecule has 2 aromatic carbocycles. The van der Waals surface area contributed by atoms with E-state index < -0.39 is 0 Å². The van der Waals surface area contributed by atoms with E-state index in [1.54, 1.807) is 78.7 Å². The molecular formula is C21H15N7O2S. The molecule has 0 unspecified atom stereocenters. The summed E-state index contributed by atoms with van der Waals surface area (Å²) in [4.78, 5) is 25.3. The van der Waals surface area contributed by atoms with Crippen molar-refractivity contribution in [3.8, 4) is 17.4 Å². The van der Waals surface area contributed by atoms with Gasteiger partial charge in [0.2, 0.25) is 5.88 Å². The van der Waals surface area contributed by atoms with Crippen LogP contribution in [-0.4, -0.2) is 34.2 Å². The number of carbonyl (C=O) groups is 1. The lowest BCUT2D eigenvalue weighted by molar-refractivity contribution is 0.102. The van der Waals surface area contributed by atoms with Crippen LogP contribution in [0.4, 0.5) is 5.69 Å². The third-order valence-corrected chi connectivity index (χ3v) is 4.98. The van der Waals surface area contributed by atoms with Gasteiger partial charge in [0.15, 0.2) is 0 Å². The second-order valence-corrected chi connectivity index (χ2v) is 7.16. The number of hydrogen-bond acceptors (Lipinski definition) is 8. The summed E-state index contributed by atoms with van der Waals surface area (Å²) in [5, 5.41) is 2.87. The van der Waals surface area contributed by atoms with Crippen molar-refractivity contribution in [1.82, 2.24) is 28.3 Å². The number of fused-ring (bicyclic) bond motifs is 1. The summed E-state index contributed by atoms with van der Waals surface area (Å²) >= 11 is 1.12. The molecule has 0 spiro atoms. The number of aromatic nitrogens is 6. The van der Waals surface area contributed by atoms with Crippen LogP contribution in [0.5, 0.6) is 11.6 Å². The number of imidazole rings is 1. The van der Waals surface area contributed by atoms with Crippen LogP contribution >= 0.6 is 11.7 Å². The van der Waals surface area contributed by atoms with Crippen LogP contribution in [0.3, 0.4) is 0 Å². The van der Waals surface area contributed by atoms with Crippen molar-refractivity contribution in [3.05, 3.63) is 78.6 Å². The predicted octanol–water partition coefficient (Wildman–Crippen LogP) is 4.02. The number of carbonyl (C=O) groups excluding carboxylic acids is 1. The van der Waals surface area contributed by atoms with Crippen LogP contribution in [-0.2, 0) is 0 Å². The SMILES string of the molecule is Cc1nc(Oc2ccc(NC(=O)c3ccc4nsnc4c3)cc2)cc(-n2ccnc2)n1. The summed E-state index contributed by atoms with van der Waals surface area (Å²) in [6, 6.07) is 14.0. The van der Waals surface area contributed by atoms with E-state index in [0.29, 0.717) is 40.0 Å². The fourth-order valence-corrected chi connectivity index (χ4v) is 3.48. The van der Waals surface area contributed by atoms with Crippen molar-refractivity contribution in [2.45, 2.75) is 6.92 Å². The minimum absolute atomic E-state index is 0.222. The molecule has 152 valence electrons. The number of rotatable bonds is 5. The van der Waals surface area contributed by atoms with Crippen LogP contribution in [0.1, 0.15) is 16.2 Å². The van der Waals surface area contributed by atoms with Gasteiger partial charge in [0.25, 0.3) is 5.91 Å². The van der Waals surface area contributed by atoms with Crippen molar-refractivity contribution in [2.75, 3.05) is 5.32 Å². The Bertz CT molecular complexity index is 1360. The Morgan fingerprint density at radius 1 is 1.03 bits per heavy atom. The normalized spacial score (nSPS) is 10.9. The molecule has 0 bridgehead atoms. The van der Waals surface area contributed by atoms with Gasteiger partial charge in [-0.1, -0.05) is 0 Å². The second kappa shape index (κ2) is 7.92. The van der Waals surface area contributed by atoms with Gasteiger partial charge in [-0.25, -0.2) is 9.97 Å². The van der Waals surface area contributed by atoms with E-state index in [0.717, 1.165) is 17.2 Å². The Balaban J connectivity index is 1.29. The topological polar surface area (TPSA) is 108 Å². The highest BCUT2D eigenvalue weighted by Crippen LogP contribution is 2.23. The summed E-state index contributed by atoms with van der Waals surface area (Å²) < 4.78 is 16.0. The van der Waals surface area contributed by atoms with Crippen LogP contribution in [0.2, 0.25) is 0 Å². The Hall–Kier alpha value is -4.18. The molecule has 10 heteroatoms. The molecule has 1 amide bonds. The molecule has 5 aromatic rings. The fourth-order valence-electron chi connectivity index (χ4n) is 2.96. The second-order valence-electron chi connectivity index (χ2n) is 6.63.